The number of aryl methyl sites for hydroxylation is 1. The molecular weight excluding hydrogens is 348 g/mol. The lowest BCUT2D eigenvalue weighted by Crippen LogP contribution is -2.10. The lowest BCUT2D eigenvalue weighted by molar-refractivity contribution is 0.0697. The Morgan fingerprint density at radius 1 is 0.963 bits per heavy atom. The van der Waals surface area contributed by atoms with Crippen LogP contribution in [0.5, 0.6) is 11.5 Å². The van der Waals surface area contributed by atoms with E-state index in [1.54, 1.807) is 18.2 Å². The van der Waals surface area contributed by atoms with Gasteiger partial charge in [0.2, 0.25) is 0 Å². The van der Waals surface area contributed by atoms with Crippen molar-refractivity contribution in [3.8, 4) is 11.5 Å². The smallest absolute Gasteiger partial charge is 0.339 e. The molecule has 6 heteroatoms. The molecule has 1 aliphatic carbocycles. The van der Waals surface area contributed by atoms with E-state index in [4.69, 9.17) is 19.0 Å². The second-order valence-electron chi connectivity index (χ2n) is 6.38. The van der Waals surface area contributed by atoms with Crippen molar-refractivity contribution < 1.29 is 23.8 Å². The molecule has 0 unspecified atom stereocenters. The lowest BCUT2D eigenvalue weighted by Gasteiger charge is -2.10. The summed E-state index contributed by atoms with van der Waals surface area (Å²) in [5.41, 5.74) is 2.41. The minimum atomic E-state index is -0.974. The van der Waals surface area contributed by atoms with Crippen molar-refractivity contribution in [1.29, 1.82) is 0 Å². The molecule has 0 saturated heterocycles. The zero-order valence-corrected chi connectivity index (χ0v) is 14.6. The van der Waals surface area contributed by atoms with Gasteiger partial charge in [-0.1, -0.05) is 0 Å². The fraction of sp³-hybridized carbons (Fsp3) is 0.238. The van der Waals surface area contributed by atoms with Crippen LogP contribution in [0.4, 0.5) is 0 Å². The first kappa shape index (κ1) is 17.1. The standard InChI is InChI=1S/C21H18O6/c22-20(23)13-4-6-14(7-5-13)25-10-11-26-15-8-9-17-16-2-1-3-18(16)21(24)27-19(17)12-15/h4-9,12H,1-3,10-11H2,(H,22,23). The normalized spacial score (nSPS) is 12.7. The van der Waals surface area contributed by atoms with Crippen molar-refractivity contribution in [3.05, 3.63) is 69.6 Å². The maximum absolute atomic E-state index is 12.1. The van der Waals surface area contributed by atoms with E-state index in [9.17, 15) is 9.59 Å². The third-order valence-corrected chi connectivity index (χ3v) is 4.67. The van der Waals surface area contributed by atoms with Gasteiger partial charge in [-0.3, -0.25) is 0 Å². The molecule has 0 spiro atoms. The summed E-state index contributed by atoms with van der Waals surface area (Å²) in [7, 11) is 0. The van der Waals surface area contributed by atoms with Crippen LogP contribution >= 0.6 is 0 Å². The summed E-state index contributed by atoms with van der Waals surface area (Å²) >= 11 is 0. The number of hydrogen-bond donors (Lipinski definition) is 1. The molecule has 6 nitrogen and oxygen atoms in total. The monoisotopic (exact) mass is 366 g/mol. The van der Waals surface area contributed by atoms with Crippen LogP contribution in [-0.2, 0) is 12.8 Å². The van der Waals surface area contributed by atoms with E-state index in [1.807, 2.05) is 12.1 Å². The summed E-state index contributed by atoms with van der Waals surface area (Å²) in [4.78, 5) is 22.9. The van der Waals surface area contributed by atoms with E-state index in [-0.39, 0.29) is 11.2 Å². The van der Waals surface area contributed by atoms with Crippen LogP contribution in [0.2, 0.25) is 0 Å². The highest BCUT2D eigenvalue weighted by Crippen LogP contribution is 2.29. The predicted octanol–water partition coefficient (Wildman–Crippen LogP) is 3.44. The van der Waals surface area contributed by atoms with E-state index in [1.165, 1.54) is 12.1 Å². The Morgan fingerprint density at radius 2 is 1.63 bits per heavy atom. The fourth-order valence-electron chi connectivity index (χ4n) is 3.37. The maximum Gasteiger partial charge on any atom is 0.339 e. The molecule has 0 saturated carbocycles. The van der Waals surface area contributed by atoms with Crippen molar-refractivity contribution in [3.63, 3.8) is 0 Å². The van der Waals surface area contributed by atoms with E-state index >= 15 is 0 Å². The molecule has 4 rings (SSSR count). The molecule has 0 radical (unpaired) electrons. The minimum absolute atomic E-state index is 0.211. The molecule has 0 amide bonds. The second kappa shape index (κ2) is 7.15. The molecule has 138 valence electrons. The van der Waals surface area contributed by atoms with Gasteiger partial charge in [-0.05, 0) is 61.2 Å². The van der Waals surface area contributed by atoms with Gasteiger partial charge in [0.1, 0.15) is 30.3 Å². The highest BCUT2D eigenvalue weighted by Gasteiger charge is 2.19. The summed E-state index contributed by atoms with van der Waals surface area (Å²) in [6, 6.07) is 11.7. The number of ether oxygens (including phenoxy) is 2. The Labute approximate surface area is 155 Å². The van der Waals surface area contributed by atoms with Gasteiger partial charge in [0, 0.05) is 17.0 Å². The molecule has 1 aliphatic rings. The first-order valence-electron chi connectivity index (χ1n) is 8.79. The summed E-state index contributed by atoms with van der Waals surface area (Å²) in [5.74, 6) is 0.204. The first-order valence-corrected chi connectivity index (χ1v) is 8.79. The first-order chi connectivity index (χ1) is 13.1. The lowest BCUT2D eigenvalue weighted by atomic mass is 10.1. The second-order valence-corrected chi connectivity index (χ2v) is 6.38. The van der Waals surface area contributed by atoms with E-state index in [0.29, 0.717) is 30.3 Å². The molecule has 1 N–H and O–H groups in total. The van der Waals surface area contributed by atoms with Gasteiger partial charge >= 0.3 is 11.6 Å². The maximum atomic E-state index is 12.1. The third-order valence-electron chi connectivity index (χ3n) is 4.67. The quantitative estimate of drug-likeness (QED) is 0.531. The number of benzene rings is 2. The van der Waals surface area contributed by atoms with Gasteiger partial charge in [0.15, 0.2) is 0 Å². The minimum Gasteiger partial charge on any atom is -0.490 e. The number of hydrogen-bond acceptors (Lipinski definition) is 5. The average Bonchev–Trinajstić information content (AvgIpc) is 3.16. The molecule has 1 heterocycles. The number of carboxylic acid groups (broad SMARTS) is 1. The summed E-state index contributed by atoms with van der Waals surface area (Å²) in [5, 5.41) is 9.85. The summed E-state index contributed by atoms with van der Waals surface area (Å²) in [6.07, 6.45) is 2.69. The fourth-order valence-corrected chi connectivity index (χ4v) is 3.37. The molecule has 0 fully saturated rings. The van der Waals surface area contributed by atoms with Crippen LogP contribution in [-0.4, -0.2) is 24.3 Å². The number of fused-ring (bicyclic) bond motifs is 3. The Morgan fingerprint density at radius 3 is 2.37 bits per heavy atom. The Balaban J connectivity index is 1.38. The van der Waals surface area contributed by atoms with E-state index in [2.05, 4.69) is 0 Å². The molecule has 1 aromatic heterocycles. The van der Waals surface area contributed by atoms with Gasteiger partial charge in [-0.2, -0.15) is 0 Å². The highest BCUT2D eigenvalue weighted by atomic mass is 16.5. The van der Waals surface area contributed by atoms with Crippen LogP contribution in [0.3, 0.4) is 0 Å². The van der Waals surface area contributed by atoms with Crippen LogP contribution in [0, 0.1) is 0 Å². The summed E-state index contributed by atoms with van der Waals surface area (Å²) < 4.78 is 16.7. The SMILES string of the molecule is O=C(O)c1ccc(OCCOc2ccc3c4c(c(=O)oc3c2)CCC4)cc1. The van der Waals surface area contributed by atoms with Crippen LogP contribution < -0.4 is 15.1 Å². The van der Waals surface area contributed by atoms with E-state index < -0.39 is 5.97 Å². The molecule has 3 aromatic rings. The van der Waals surface area contributed by atoms with Crippen LogP contribution in [0.1, 0.15) is 27.9 Å². The summed E-state index contributed by atoms with van der Waals surface area (Å²) in [6.45, 7) is 0.611. The molecule has 2 aromatic carbocycles. The zero-order valence-electron chi connectivity index (χ0n) is 14.6. The zero-order chi connectivity index (χ0) is 18.8. The van der Waals surface area contributed by atoms with Gasteiger partial charge in [0.05, 0.1) is 5.56 Å². The van der Waals surface area contributed by atoms with Gasteiger partial charge in [0.25, 0.3) is 0 Å². The molecule has 0 atom stereocenters. The Bertz CT molecular complexity index is 1050. The Kier molecular flexibility index (Phi) is 4.54. The number of carboxylic acids is 1. The van der Waals surface area contributed by atoms with Gasteiger partial charge in [-0.25, -0.2) is 9.59 Å². The van der Waals surface area contributed by atoms with Gasteiger partial charge in [-0.15, -0.1) is 0 Å². The van der Waals surface area contributed by atoms with Crippen molar-refractivity contribution >= 4 is 16.9 Å². The van der Waals surface area contributed by atoms with Crippen LogP contribution in [0.15, 0.2) is 51.7 Å². The topological polar surface area (TPSA) is 86.0 Å². The largest absolute Gasteiger partial charge is 0.490 e. The van der Waals surface area contributed by atoms with Crippen molar-refractivity contribution in [2.75, 3.05) is 13.2 Å². The number of carbonyl (C=O) groups is 1. The van der Waals surface area contributed by atoms with Gasteiger partial charge < -0.3 is 19.0 Å². The molecular formula is C21H18O6. The molecule has 27 heavy (non-hydrogen) atoms. The van der Waals surface area contributed by atoms with Crippen molar-refractivity contribution in [1.82, 2.24) is 0 Å². The van der Waals surface area contributed by atoms with E-state index in [0.717, 1.165) is 35.8 Å². The molecule has 0 aliphatic heterocycles. The third kappa shape index (κ3) is 3.51. The average molecular weight is 366 g/mol. The molecule has 0 bridgehead atoms. The predicted molar refractivity (Wildman–Crippen MR) is 98.9 cm³/mol. The number of rotatable bonds is 6. The van der Waals surface area contributed by atoms with Crippen molar-refractivity contribution in [2.24, 2.45) is 0 Å². The van der Waals surface area contributed by atoms with Crippen molar-refractivity contribution in [2.45, 2.75) is 19.3 Å². The Hall–Kier alpha value is -3.28. The van der Waals surface area contributed by atoms with Crippen LogP contribution in [0.25, 0.3) is 11.0 Å². The number of aromatic carboxylic acids is 1. The highest BCUT2D eigenvalue weighted by molar-refractivity contribution is 5.87.